The minimum absolute atomic E-state index is 0.237. The molecule has 3 aromatic rings. The third-order valence-corrected chi connectivity index (χ3v) is 3.88. The van der Waals surface area contributed by atoms with Gasteiger partial charge in [-0.1, -0.05) is 29.8 Å². The number of benzene rings is 1. The number of nitrogens with zero attached hydrogens (tertiary/aromatic N) is 2. The summed E-state index contributed by atoms with van der Waals surface area (Å²) in [7, 11) is 0. The predicted molar refractivity (Wildman–Crippen MR) is 94.2 cm³/mol. The molecule has 5 nitrogen and oxygen atoms in total. The van der Waals surface area contributed by atoms with E-state index in [9.17, 15) is 9.59 Å². The molecule has 0 saturated carbocycles. The van der Waals surface area contributed by atoms with Gasteiger partial charge >= 0.3 is 0 Å². The van der Waals surface area contributed by atoms with Crippen LogP contribution in [0.15, 0.2) is 73.3 Å². The summed E-state index contributed by atoms with van der Waals surface area (Å²) in [6, 6.07) is 13.3. The van der Waals surface area contributed by atoms with E-state index < -0.39 is 17.7 Å². The largest absolute Gasteiger partial charge is 0.338 e. The fourth-order valence-corrected chi connectivity index (χ4v) is 2.51. The Hall–Kier alpha value is -3.05. The first kappa shape index (κ1) is 16.8. The Morgan fingerprint density at radius 1 is 0.880 bits per heavy atom. The summed E-state index contributed by atoms with van der Waals surface area (Å²) in [5, 5.41) is 3.36. The average Bonchev–Trinajstić information content (AvgIpc) is 2.67. The highest BCUT2D eigenvalue weighted by Gasteiger charge is 2.22. The van der Waals surface area contributed by atoms with Gasteiger partial charge in [0.05, 0.1) is 6.04 Å². The molecule has 1 amide bonds. The standard InChI is InChI=1S/C19H14ClN3O2/c20-16-7-5-13(6-8-16)17(14-3-1-9-21-11-14)23-19(25)18(24)15-4-2-10-22-12-15/h1-12,17H,(H,23,25). The van der Waals surface area contributed by atoms with Crippen LogP contribution >= 0.6 is 11.6 Å². The molecule has 0 aliphatic carbocycles. The van der Waals surface area contributed by atoms with E-state index in [0.29, 0.717) is 5.02 Å². The third-order valence-electron chi connectivity index (χ3n) is 3.63. The highest BCUT2D eigenvalue weighted by atomic mass is 35.5. The number of carbonyl (C=O) groups is 2. The van der Waals surface area contributed by atoms with Crippen LogP contribution in [0.3, 0.4) is 0 Å². The lowest BCUT2D eigenvalue weighted by Crippen LogP contribution is -2.35. The lowest BCUT2D eigenvalue weighted by Gasteiger charge is -2.19. The maximum absolute atomic E-state index is 12.4. The number of aromatic nitrogens is 2. The number of nitrogens with one attached hydrogen (secondary N) is 1. The fraction of sp³-hybridized carbons (Fsp3) is 0.0526. The zero-order valence-electron chi connectivity index (χ0n) is 13.1. The fourth-order valence-electron chi connectivity index (χ4n) is 2.39. The van der Waals surface area contributed by atoms with Crippen LogP contribution in [0.25, 0.3) is 0 Å². The van der Waals surface area contributed by atoms with Gasteiger partial charge in [0.15, 0.2) is 0 Å². The molecule has 0 bridgehead atoms. The predicted octanol–water partition coefficient (Wildman–Crippen LogP) is 3.22. The van der Waals surface area contributed by atoms with Gasteiger partial charge in [0, 0.05) is 35.4 Å². The number of hydrogen-bond acceptors (Lipinski definition) is 4. The van der Waals surface area contributed by atoms with E-state index in [1.54, 1.807) is 61.1 Å². The first-order valence-electron chi connectivity index (χ1n) is 7.56. The summed E-state index contributed by atoms with van der Waals surface area (Å²) in [4.78, 5) is 32.7. The molecule has 6 heteroatoms. The second kappa shape index (κ2) is 7.68. The molecule has 1 aromatic carbocycles. The number of rotatable bonds is 5. The summed E-state index contributed by atoms with van der Waals surface area (Å²) in [5.74, 6) is -1.35. The van der Waals surface area contributed by atoms with E-state index in [-0.39, 0.29) is 5.56 Å². The third kappa shape index (κ3) is 4.08. The van der Waals surface area contributed by atoms with Crippen molar-refractivity contribution >= 4 is 23.3 Å². The van der Waals surface area contributed by atoms with Crippen LogP contribution < -0.4 is 5.32 Å². The molecule has 0 aliphatic heterocycles. The van der Waals surface area contributed by atoms with Crippen LogP contribution in [0.2, 0.25) is 5.02 Å². The van der Waals surface area contributed by atoms with Gasteiger partial charge in [0.25, 0.3) is 11.7 Å². The zero-order valence-corrected chi connectivity index (χ0v) is 13.9. The van der Waals surface area contributed by atoms with Gasteiger partial charge in [0.1, 0.15) is 0 Å². The summed E-state index contributed by atoms with van der Waals surface area (Å²) in [5.41, 5.74) is 1.79. The number of hydrogen-bond donors (Lipinski definition) is 1. The Kier molecular flexibility index (Phi) is 5.16. The van der Waals surface area contributed by atoms with Crippen LogP contribution in [-0.2, 0) is 4.79 Å². The van der Waals surface area contributed by atoms with Crippen LogP contribution in [0.1, 0.15) is 27.5 Å². The minimum atomic E-state index is -0.711. The minimum Gasteiger partial charge on any atom is -0.338 e. The average molecular weight is 352 g/mol. The molecule has 25 heavy (non-hydrogen) atoms. The maximum Gasteiger partial charge on any atom is 0.293 e. The van der Waals surface area contributed by atoms with Gasteiger partial charge in [-0.2, -0.15) is 0 Å². The number of amides is 1. The molecular weight excluding hydrogens is 338 g/mol. The van der Waals surface area contributed by atoms with Crippen LogP contribution in [0.5, 0.6) is 0 Å². The maximum atomic E-state index is 12.4. The Morgan fingerprint density at radius 2 is 1.56 bits per heavy atom. The zero-order chi connectivity index (χ0) is 17.6. The van der Waals surface area contributed by atoms with E-state index in [1.807, 2.05) is 6.07 Å². The summed E-state index contributed by atoms with van der Waals surface area (Å²) in [6.45, 7) is 0. The van der Waals surface area contributed by atoms with Gasteiger partial charge in [-0.25, -0.2) is 0 Å². The molecule has 0 aliphatic rings. The molecule has 2 heterocycles. The SMILES string of the molecule is O=C(NC(c1ccc(Cl)cc1)c1cccnc1)C(=O)c1cccnc1. The summed E-state index contributed by atoms with van der Waals surface area (Å²) < 4.78 is 0. The topological polar surface area (TPSA) is 72.0 Å². The Bertz CT molecular complexity index is 868. The van der Waals surface area contributed by atoms with Crippen molar-refractivity contribution in [2.24, 2.45) is 0 Å². The van der Waals surface area contributed by atoms with Gasteiger partial charge in [0.2, 0.25) is 0 Å². The quantitative estimate of drug-likeness (QED) is 0.566. The summed E-state index contributed by atoms with van der Waals surface area (Å²) in [6.07, 6.45) is 6.20. The van der Waals surface area contributed by atoms with Gasteiger partial charge in [-0.15, -0.1) is 0 Å². The van der Waals surface area contributed by atoms with E-state index in [1.165, 1.54) is 6.20 Å². The molecule has 0 spiro atoms. The van der Waals surface area contributed by atoms with E-state index >= 15 is 0 Å². The monoisotopic (exact) mass is 351 g/mol. The molecule has 1 unspecified atom stereocenters. The summed E-state index contributed by atoms with van der Waals surface area (Å²) >= 11 is 5.94. The Morgan fingerprint density at radius 3 is 2.16 bits per heavy atom. The number of halogens is 1. The number of ketones is 1. The van der Waals surface area contributed by atoms with E-state index in [2.05, 4.69) is 15.3 Å². The molecule has 3 rings (SSSR count). The smallest absolute Gasteiger partial charge is 0.293 e. The van der Waals surface area contributed by atoms with Crippen molar-refractivity contribution in [2.45, 2.75) is 6.04 Å². The number of carbonyl (C=O) groups excluding carboxylic acids is 2. The Balaban J connectivity index is 1.89. The van der Waals surface area contributed by atoms with Crippen molar-refractivity contribution in [1.29, 1.82) is 0 Å². The second-order valence-electron chi connectivity index (χ2n) is 5.32. The molecule has 2 aromatic heterocycles. The van der Waals surface area contributed by atoms with Crippen molar-refractivity contribution in [3.8, 4) is 0 Å². The number of pyridine rings is 2. The van der Waals surface area contributed by atoms with E-state index in [4.69, 9.17) is 11.6 Å². The molecule has 124 valence electrons. The van der Waals surface area contributed by atoms with Crippen LogP contribution in [0, 0.1) is 0 Å². The highest BCUT2D eigenvalue weighted by Crippen LogP contribution is 2.23. The van der Waals surface area contributed by atoms with Crippen molar-refractivity contribution in [2.75, 3.05) is 0 Å². The van der Waals surface area contributed by atoms with Crippen LogP contribution in [-0.4, -0.2) is 21.7 Å². The first-order valence-corrected chi connectivity index (χ1v) is 7.93. The van der Waals surface area contributed by atoms with Crippen LogP contribution in [0.4, 0.5) is 0 Å². The van der Waals surface area contributed by atoms with Gasteiger partial charge in [-0.05, 0) is 41.5 Å². The van der Waals surface area contributed by atoms with Crippen molar-refractivity contribution in [1.82, 2.24) is 15.3 Å². The molecular formula is C19H14ClN3O2. The highest BCUT2D eigenvalue weighted by molar-refractivity contribution is 6.42. The van der Waals surface area contributed by atoms with Gasteiger partial charge < -0.3 is 5.32 Å². The molecule has 0 saturated heterocycles. The molecule has 0 fully saturated rings. The normalized spacial score (nSPS) is 11.6. The lowest BCUT2D eigenvalue weighted by molar-refractivity contribution is -0.117. The lowest BCUT2D eigenvalue weighted by atomic mass is 9.99. The molecule has 0 radical (unpaired) electrons. The first-order chi connectivity index (χ1) is 12.1. The van der Waals surface area contributed by atoms with E-state index in [0.717, 1.165) is 11.1 Å². The van der Waals surface area contributed by atoms with Crippen molar-refractivity contribution in [3.63, 3.8) is 0 Å². The van der Waals surface area contributed by atoms with Crippen molar-refractivity contribution in [3.05, 3.63) is 95.0 Å². The number of Topliss-reactive ketones (excluding diaryl/α,β-unsaturated/α-hetero) is 1. The Labute approximate surface area is 149 Å². The second-order valence-corrected chi connectivity index (χ2v) is 5.75. The van der Waals surface area contributed by atoms with Crippen molar-refractivity contribution < 1.29 is 9.59 Å². The van der Waals surface area contributed by atoms with Gasteiger partial charge in [-0.3, -0.25) is 19.6 Å². The molecule has 1 atom stereocenters. The molecule has 1 N–H and O–H groups in total.